The fourth-order valence-corrected chi connectivity index (χ4v) is 2.02. The minimum Gasteiger partial charge on any atom is -0.335 e. The SMILES string of the molecule is CC(C)C(C)NC(=O)N1CCCC1(C)CN. The second-order valence-corrected chi connectivity index (χ2v) is 5.44. The van der Waals surface area contributed by atoms with Crippen LogP contribution in [0.2, 0.25) is 0 Å². The lowest BCUT2D eigenvalue weighted by Gasteiger charge is -2.35. The maximum absolute atomic E-state index is 12.1. The summed E-state index contributed by atoms with van der Waals surface area (Å²) >= 11 is 0. The Kier molecular flexibility index (Phi) is 4.19. The highest BCUT2D eigenvalue weighted by Crippen LogP contribution is 2.27. The molecule has 2 atom stereocenters. The molecule has 0 aromatic rings. The van der Waals surface area contributed by atoms with E-state index in [0.29, 0.717) is 12.5 Å². The second-order valence-electron chi connectivity index (χ2n) is 5.44. The molecule has 0 spiro atoms. The molecule has 1 heterocycles. The van der Waals surface area contributed by atoms with Crippen LogP contribution in [-0.2, 0) is 0 Å². The molecule has 94 valence electrons. The predicted molar refractivity (Wildman–Crippen MR) is 66.2 cm³/mol. The summed E-state index contributed by atoms with van der Waals surface area (Å²) in [5, 5.41) is 3.04. The average molecular weight is 227 g/mol. The fourth-order valence-electron chi connectivity index (χ4n) is 2.02. The summed E-state index contributed by atoms with van der Waals surface area (Å²) in [6.07, 6.45) is 2.06. The topological polar surface area (TPSA) is 58.4 Å². The molecule has 4 nitrogen and oxygen atoms in total. The number of nitrogens with zero attached hydrogens (tertiary/aromatic N) is 1. The molecule has 1 aliphatic heterocycles. The van der Waals surface area contributed by atoms with Crippen LogP contribution in [0.3, 0.4) is 0 Å². The van der Waals surface area contributed by atoms with Crippen LogP contribution in [0.15, 0.2) is 0 Å². The van der Waals surface area contributed by atoms with E-state index >= 15 is 0 Å². The molecule has 1 saturated heterocycles. The zero-order valence-corrected chi connectivity index (χ0v) is 10.9. The smallest absolute Gasteiger partial charge is 0.318 e. The minimum atomic E-state index is -0.152. The van der Waals surface area contributed by atoms with Gasteiger partial charge in [0.25, 0.3) is 0 Å². The molecular weight excluding hydrogens is 202 g/mol. The van der Waals surface area contributed by atoms with Crippen LogP contribution in [0.1, 0.15) is 40.5 Å². The number of hydrogen-bond donors (Lipinski definition) is 2. The van der Waals surface area contributed by atoms with Crippen molar-refractivity contribution in [3.63, 3.8) is 0 Å². The monoisotopic (exact) mass is 227 g/mol. The van der Waals surface area contributed by atoms with E-state index in [1.807, 2.05) is 11.8 Å². The van der Waals surface area contributed by atoms with Crippen LogP contribution >= 0.6 is 0 Å². The standard InChI is InChI=1S/C12H25N3O/c1-9(2)10(3)14-11(16)15-7-5-6-12(15,4)8-13/h9-10H,5-8,13H2,1-4H3,(H,14,16). The first-order valence-electron chi connectivity index (χ1n) is 6.19. The third-order valence-corrected chi connectivity index (χ3v) is 3.78. The van der Waals surface area contributed by atoms with Crippen molar-refractivity contribution in [2.75, 3.05) is 13.1 Å². The molecule has 0 saturated carbocycles. The fraction of sp³-hybridized carbons (Fsp3) is 0.917. The lowest BCUT2D eigenvalue weighted by Crippen LogP contribution is -2.55. The van der Waals surface area contributed by atoms with Crippen molar-refractivity contribution in [2.24, 2.45) is 11.7 Å². The van der Waals surface area contributed by atoms with E-state index in [0.717, 1.165) is 19.4 Å². The van der Waals surface area contributed by atoms with Gasteiger partial charge in [-0.25, -0.2) is 4.79 Å². The number of nitrogens with two attached hydrogens (primary N) is 1. The van der Waals surface area contributed by atoms with Crippen LogP contribution in [0, 0.1) is 5.92 Å². The highest BCUT2D eigenvalue weighted by molar-refractivity contribution is 5.75. The van der Waals surface area contributed by atoms with Gasteiger partial charge in [-0.3, -0.25) is 0 Å². The quantitative estimate of drug-likeness (QED) is 0.768. The molecule has 0 aliphatic carbocycles. The summed E-state index contributed by atoms with van der Waals surface area (Å²) in [4.78, 5) is 14.0. The molecule has 0 bridgehead atoms. The van der Waals surface area contributed by atoms with Gasteiger partial charge in [0.15, 0.2) is 0 Å². The number of urea groups is 1. The summed E-state index contributed by atoms with van der Waals surface area (Å²) in [7, 11) is 0. The Labute approximate surface area is 98.6 Å². The van der Waals surface area contributed by atoms with E-state index in [1.165, 1.54) is 0 Å². The zero-order valence-electron chi connectivity index (χ0n) is 10.9. The second kappa shape index (κ2) is 5.04. The molecule has 1 rings (SSSR count). The van der Waals surface area contributed by atoms with Crippen LogP contribution in [-0.4, -0.2) is 35.6 Å². The summed E-state index contributed by atoms with van der Waals surface area (Å²) in [6.45, 7) is 9.69. The van der Waals surface area contributed by atoms with E-state index in [4.69, 9.17) is 5.73 Å². The Bertz CT molecular complexity index is 255. The van der Waals surface area contributed by atoms with Crippen LogP contribution < -0.4 is 11.1 Å². The van der Waals surface area contributed by atoms with Gasteiger partial charge in [0.2, 0.25) is 0 Å². The average Bonchev–Trinajstić information content (AvgIpc) is 2.61. The van der Waals surface area contributed by atoms with Gasteiger partial charge in [-0.05, 0) is 32.6 Å². The van der Waals surface area contributed by atoms with Crippen molar-refractivity contribution in [3.05, 3.63) is 0 Å². The van der Waals surface area contributed by atoms with E-state index < -0.39 is 0 Å². The molecule has 0 aromatic heterocycles. The molecule has 4 heteroatoms. The highest BCUT2D eigenvalue weighted by Gasteiger charge is 2.38. The van der Waals surface area contributed by atoms with Crippen LogP contribution in [0.5, 0.6) is 0 Å². The molecule has 2 amide bonds. The Morgan fingerprint density at radius 2 is 2.12 bits per heavy atom. The van der Waals surface area contributed by atoms with E-state index in [-0.39, 0.29) is 17.6 Å². The number of rotatable bonds is 3. The van der Waals surface area contributed by atoms with Gasteiger partial charge in [-0.15, -0.1) is 0 Å². The number of carbonyl (C=O) groups is 1. The van der Waals surface area contributed by atoms with Crippen molar-refractivity contribution in [2.45, 2.75) is 52.1 Å². The third kappa shape index (κ3) is 2.67. The minimum absolute atomic E-state index is 0.0339. The number of carbonyl (C=O) groups excluding carboxylic acids is 1. The van der Waals surface area contributed by atoms with Gasteiger partial charge >= 0.3 is 6.03 Å². The number of nitrogens with one attached hydrogen (secondary N) is 1. The summed E-state index contributed by atoms with van der Waals surface area (Å²) < 4.78 is 0. The number of hydrogen-bond acceptors (Lipinski definition) is 2. The Morgan fingerprint density at radius 3 is 2.62 bits per heavy atom. The summed E-state index contributed by atoms with van der Waals surface area (Å²) in [5.41, 5.74) is 5.61. The Balaban J connectivity index is 2.60. The number of amides is 2. The first-order chi connectivity index (χ1) is 7.40. The van der Waals surface area contributed by atoms with Gasteiger partial charge in [0, 0.05) is 19.1 Å². The lowest BCUT2D eigenvalue weighted by atomic mass is 9.99. The van der Waals surface area contributed by atoms with Gasteiger partial charge in [0.1, 0.15) is 0 Å². The van der Waals surface area contributed by atoms with Crippen LogP contribution in [0.25, 0.3) is 0 Å². The highest BCUT2D eigenvalue weighted by atomic mass is 16.2. The Hall–Kier alpha value is -0.770. The number of likely N-dealkylation sites (tertiary alicyclic amines) is 1. The van der Waals surface area contributed by atoms with E-state index in [9.17, 15) is 4.79 Å². The normalized spacial score (nSPS) is 27.2. The molecule has 3 N–H and O–H groups in total. The molecule has 0 aromatic carbocycles. The maximum atomic E-state index is 12.1. The lowest BCUT2D eigenvalue weighted by molar-refractivity contribution is 0.154. The molecular formula is C12H25N3O. The third-order valence-electron chi connectivity index (χ3n) is 3.78. The molecule has 2 unspecified atom stereocenters. The molecule has 16 heavy (non-hydrogen) atoms. The summed E-state index contributed by atoms with van der Waals surface area (Å²) in [6, 6.07) is 0.238. The van der Waals surface area contributed by atoms with Gasteiger partial charge in [-0.2, -0.15) is 0 Å². The maximum Gasteiger partial charge on any atom is 0.318 e. The van der Waals surface area contributed by atoms with Crippen molar-refractivity contribution in [1.29, 1.82) is 0 Å². The van der Waals surface area contributed by atoms with Crippen molar-refractivity contribution >= 4 is 6.03 Å². The molecule has 1 fully saturated rings. The Morgan fingerprint density at radius 1 is 1.50 bits per heavy atom. The van der Waals surface area contributed by atoms with E-state index in [1.54, 1.807) is 0 Å². The summed E-state index contributed by atoms with van der Waals surface area (Å²) in [5.74, 6) is 0.454. The zero-order chi connectivity index (χ0) is 12.3. The van der Waals surface area contributed by atoms with Crippen molar-refractivity contribution in [1.82, 2.24) is 10.2 Å². The first-order valence-corrected chi connectivity index (χ1v) is 6.19. The largest absolute Gasteiger partial charge is 0.335 e. The van der Waals surface area contributed by atoms with Crippen molar-refractivity contribution < 1.29 is 4.79 Å². The van der Waals surface area contributed by atoms with E-state index in [2.05, 4.69) is 26.1 Å². The van der Waals surface area contributed by atoms with Crippen LogP contribution in [0.4, 0.5) is 4.79 Å². The van der Waals surface area contributed by atoms with Gasteiger partial charge in [0.05, 0.1) is 5.54 Å². The first kappa shape index (κ1) is 13.3. The van der Waals surface area contributed by atoms with Gasteiger partial charge < -0.3 is 16.0 Å². The molecule has 1 aliphatic rings. The molecule has 0 radical (unpaired) electrons. The van der Waals surface area contributed by atoms with Gasteiger partial charge in [-0.1, -0.05) is 13.8 Å². The predicted octanol–water partition coefficient (Wildman–Crippen LogP) is 1.55. The van der Waals surface area contributed by atoms with Crippen molar-refractivity contribution in [3.8, 4) is 0 Å².